The topological polar surface area (TPSA) is 366 Å². The number of rotatable bonds is 5. The fourth-order valence-corrected chi connectivity index (χ4v) is 12.3. The van der Waals surface area contributed by atoms with Crippen molar-refractivity contribution < 1.29 is 93.7 Å². The lowest BCUT2D eigenvalue weighted by Gasteiger charge is -2.50. The second-order valence-corrected chi connectivity index (χ2v) is 22.7. The second-order valence-electron chi connectivity index (χ2n) is 22.7. The number of carbonyl (C=O) groups is 6. The molecule has 9 rings (SSSR count). The van der Waals surface area contributed by atoms with Crippen LogP contribution in [0.4, 0.5) is 11.4 Å². The lowest BCUT2D eigenvalue weighted by atomic mass is 9.57. The maximum Gasteiger partial charge on any atom is 0.312 e. The zero-order valence-electron chi connectivity index (χ0n) is 48.5. The minimum absolute atomic E-state index is 0.0638. The molecule has 3 aromatic rings. The Bertz CT molecular complexity index is 3360. The molecule has 1 fully saturated rings. The van der Waals surface area contributed by atoms with Crippen molar-refractivity contribution >= 4 is 63.0 Å². The minimum atomic E-state index is -2.63. The predicted molar refractivity (Wildman–Crippen MR) is 302 cm³/mol. The third-order valence-corrected chi connectivity index (χ3v) is 16.9. The van der Waals surface area contributed by atoms with Crippen molar-refractivity contribution in [3.8, 4) is 28.7 Å². The average Bonchev–Trinajstić information content (AvgIpc) is 1.56. The molecule has 5 bridgehead atoms. The highest BCUT2D eigenvalue weighted by Crippen LogP contribution is 2.56. The van der Waals surface area contributed by atoms with Crippen LogP contribution in [0, 0.1) is 42.4 Å². The van der Waals surface area contributed by atoms with Gasteiger partial charge in [-0.3, -0.25) is 33.7 Å². The van der Waals surface area contributed by atoms with Gasteiger partial charge < -0.3 is 80.9 Å². The molecule has 3 aromatic carbocycles. The molecule has 0 aromatic heterocycles. The number of aliphatic hydroxyl groups excluding tert-OH is 4. The van der Waals surface area contributed by atoms with Crippen LogP contribution in [0.25, 0.3) is 16.5 Å². The van der Waals surface area contributed by atoms with Crippen molar-refractivity contribution in [1.82, 2.24) is 4.90 Å². The number of nitrogens with two attached hydrogens (primary N) is 1. The first-order valence-electron chi connectivity index (χ1n) is 26.9. The van der Waals surface area contributed by atoms with Gasteiger partial charge in [0.1, 0.15) is 46.2 Å². The lowest BCUT2D eigenvalue weighted by Crippen LogP contribution is -2.65. The van der Waals surface area contributed by atoms with E-state index in [1.165, 1.54) is 64.2 Å². The number of carbonyl (C=O) groups excluding carboxylic acids is 6. The Labute approximate surface area is 479 Å². The van der Waals surface area contributed by atoms with E-state index in [9.17, 15) is 74.7 Å². The smallest absolute Gasteiger partial charge is 0.312 e. The number of aliphatic hydroxyl groups is 5. The number of primary amides is 1. The number of phenols is 4. The quantitative estimate of drug-likeness (QED) is 0.0708. The summed E-state index contributed by atoms with van der Waals surface area (Å²) in [6.07, 6.45) is 3.94. The van der Waals surface area contributed by atoms with Gasteiger partial charge in [-0.25, -0.2) is 0 Å². The van der Waals surface area contributed by atoms with E-state index in [1.807, 2.05) is 19.0 Å². The summed E-state index contributed by atoms with van der Waals surface area (Å²) in [5.41, 5.74) is 3.06. The summed E-state index contributed by atoms with van der Waals surface area (Å²) in [6.45, 7) is 12.5. The molecule has 83 heavy (non-hydrogen) atoms. The SMILES string of the molecule is CN(C)c1ccc(O)c2c1C[C@H]1C[C@H]3[C@H](N(C)C)C(=O)C(C(N)=O)=C(O)[C@@]3(O)C(=O)C1=C2O.CO[C@H]1/C=C/O[C@@]2(C)Oc3c(C)c(O)c4c(O)c(cc(O)c4c3C2=O)NC(=O)/C(C)=C\C=C\[C@H](C)[C@H](O)[C@@H](C)[C@@H](O)[C@@H](C)[C@H](OC(C)=O)[C@@H]1C. The molecule has 12 N–H and O–H groups in total. The van der Waals surface area contributed by atoms with Crippen molar-refractivity contribution in [3.05, 3.63) is 93.5 Å². The molecule has 23 nitrogen and oxygen atoms in total. The number of hydrogen-bond donors (Lipinski definition) is 11. The highest BCUT2D eigenvalue weighted by Gasteiger charge is 2.64. The van der Waals surface area contributed by atoms with Crippen LogP contribution >= 0.6 is 0 Å². The Kier molecular flexibility index (Phi) is 17.6. The van der Waals surface area contributed by atoms with Gasteiger partial charge in [0, 0.05) is 98.5 Å². The van der Waals surface area contributed by atoms with Crippen LogP contribution < -0.4 is 20.7 Å². The molecule has 3 heterocycles. The minimum Gasteiger partial charge on any atom is -0.508 e. The maximum absolute atomic E-state index is 13.9. The van der Waals surface area contributed by atoms with Gasteiger partial charge in [-0.2, -0.15) is 0 Å². The zero-order chi connectivity index (χ0) is 62.0. The number of ether oxygens (including phenoxy) is 4. The summed E-state index contributed by atoms with van der Waals surface area (Å²) in [5, 5.41) is 102. The van der Waals surface area contributed by atoms with Crippen LogP contribution in [0.15, 0.2) is 71.2 Å². The van der Waals surface area contributed by atoms with Gasteiger partial charge in [-0.05, 0) is 70.5 Å². The van der Waals surface area contributed by atoms with Crippen LogP contribution in [0.2, 0.25) is 0 Å². The number of fused-ring (bicyclic) bond motifs is 17. The van der Waals surface area contributed by atoms with Crippen LogP contribution in [0.5, 0.6) is 28.7 Å². The van der Waals surface area contributed by atoms with Crippen molar-refractivity contribution in [2.75, 3.05) is 45.5 Å². The maximum atomic E-state index is 13.9. The number of ketones is 3. The summed E-state index contributed by atoms with van der Waals surface area (Å²) in [7, 11) is 8.18. The molecule has 1 saturated carbocycles. The summed E-state index contributed by atoms with van der Waals surface area (Å²) < 4.78 is 23.2. The highest BCUT2D eigenvalue weighted by molar-refractivity contribution is 6.25. The van der Waals surface area contributed by atoms with Gasteiger partial charge >= 0.3 is 11.8 Å². The summed E-state index contributed by atoms with van der Waals surface area (Å²) in [5.74, 6) is -14.5. The number of phenolic OH excluding ortho intramolecular Hbond substituents is 4. The fraction of sp³-hybridized carbons (Fsp3) is 0.467. The van der Waals surface area contributed by atoms with E-state index < -0.39 is 147 Å². The number of Topliss-reactive ketones (excluding diaryl/α,β-unsaturated/α-hetero) is 3. The number of amides is 2. The number of allylic oxidation sites excluding steroid dienone is 2. The third-order valence-electron chi connectivity index (χ3n) is 16.9. The molecule has 3 aliphatic carbocycles. The Morgan fingerprint density at radius 2 is 1.49 bits per heavy atom. The molecular weight excluding hydrogens is 1080 g/mol. The highest BCUT2D eigenvalue weighted by atomic mass is 16.7. The van der Waals surface area contributed by atoms with E-state index in [0.29, 0.717) is 5.56 Å². The van der Waals surface area contributed by atoms with Gasteiger partial charge in [0.05, 0.1) is 52.8 Å². The van der Waals surface area contributed by atoms with Gasteiger partial charge in [0.15, 0.2) is 17.1 Å². The molecule has 23 heteroatoms. The standard InChI is InChI=1S/C37H47NO12.C23H27N3O7/c1-16-11-10-12-17(2)36(46)38-23-15-24(40)26-27(32(23)44)31(43)21(6)34-28(26)35(45)37(8,50-34)48-14-13-25(47-9)18(3)33(49-22(7)39)20(5)30(42)19(4)29(16)41;1-25(2)12-5-6-13(27)15-10(12)7-9-8-11-17(26(3)4)19(29)16(22(24)32)21(31)23(11,33)20(30)14(9)18(15)28/h10-16,18-20,25,29-30,33,40-44H,1-9H3,(H,38,46);5-6,9,11,17,27-28,31,33H,7-8H2,1-4H3,(H2,24,32)/b11-10+,14-13+,17-12-;/t16-,18+,19+,20+,25-,29-,30+,33+,37-;9-,11-,17-,23-/m00/s1. The molecule has 2 amide bonds. The first-order chi connectivity index (χ1) is 38.7. The molecular formula is C60H74N4O19. The molecule has 0 saturated heterocycles. The summed E-state index contributed by atoms with van der Waals surface area (Å²) in [6, 6.07) is 3.07. The Morgan fingerprint density at radius 1 is 0.843 bits per heavy atom. The number of aromatic hydroxyl groups is 4. The number of methoxy groups -OCH3 is 1. The summed E-state index contributed by atoms with van der Waals surface area (Å²) in [4.78, 5) is 81.2. The van der Waals surface area contributed by atoms with Crippen molar-refractivity contribution in [3.63, 3.8) is 0 Å². The number of likely N-dealkylation sites (N-methyl/N-ethyl adjacent to an activating group) is 1. The molecule has 448 valence electrons. The van der Waals surface area contributed by atoms with Gasteiger partial charge in [0.2, 0.25) is 5.78 Å². The zero-order valence-corrected chi connectivity index (χ0v) is 48.5. The molecule has 6 aliphatic rings. The first kappa shape index (κ1) is 62.6. The van der Waals surface area contributed by atoms with Gasteiger partial charge in [0.25, 0.3) is 17.6 Å². The number of nitrogens with zero attached hydrogens (tertiary/aromatic N) is 2. The van der Waals surface area contributed by atoms with E-state index in [1.54, 1.807) is 60.0 Å². The molecule has 0 spiro atoms. The predicted octanol–water partition coefficient (Wildman–Crippen LogP) is 4.78. The molecule has 0 unspecified atom stereocenters. The van der Waals surface area contributed by atoms with Crippen LogP contribution in [-0.4, -0.2) is 163 Å². The number of hydrogen-bond acceptors (Lipinski definition) is 21. The first-order valence-corrected chi connectivity index (χ1v) is 26.9. The molecule has 0 radical (unpaired) electrons. The Morgan fingerprint density at radius 3 is 2.08 bits per heavy atom. The number of anilines is 2. The number of benzene rings is 3. The van der Waals surface area contributed by atoms with E-state index >= 15 is 0 Å². The second kappa shape index (κ2) is 23.4. The van der Waals surface area contributed by atoms with Gasteiger partial charge in [-0.1, -0.05) is 45.9 Å². The fourth-order valence-electron chi connectivity index (χ4n) is 12.3. The normalized spacial score (nSPS) is 31.6. The number of nitrogens with one attached hydrogen (secondary N) is 1. The van der Waals surface area contributed by atoms with Crippen LogP contribution in [0.1, 0.15) is 81.9 Å². The molecule has 13 atom stereocenters. The van der Waals surface area contributed by atoms with Crippen molar-refractivity contribution in [2.45, 2.75) is 110 Å². The van der Waals surface area contributed by atoms with Crippen LogP contribution in [0.3, 0.4) is 0 Å². The lowest BCUT2D eigenvalue weighted by molar-refractivity contribution is -0.160. The number of esters is 1. The molecule has 3 aliphatic heterocycles. The average molecular weight is 1160 g/mol. The van der Waals surface area contributed by atoms with E-state index in [-0.39, 0.29) is 68.6 Å². The van der Waals surface area contributed by atoms with E-state index in [2.05, 4.69) is 5.32 Å². The Hall–Kier alpha value is -7.96. The largest absolute Gasteiger partial charge is 0.508 e. The third kappa shape index (κ3) is 10.8. The van der Waals surface area contributed by atoms with Crippen molar-refractivity contribution in [2.24, 2.45) is 41.2 Å². The van der Waals surface area contributed by atoms with Crippen LogP contribution in [-0.2, 0) is 44.6 Å². The van der Waals surface area contributed by atoms with Gasteiger partial charge in [-0.15, -0.1) is 0 Å². The summed E-state index contributed by atoms with van der Waals surface area (Å²) >= 11 is 0. The van der Waals surface area contributed by atoms with E-state index in [0.717, 1.165) is 11.8 Å². The van der Waals surface area contributed by atoms with E-state index in [4.69, 9.17) is 24.7 Å². The van der Waals surface area contributed by atoms with Crippen molar-refractivity contribution in [1.29, 1.82) is 0 Å². The Balaban J connectivity index is 0.000000259. The monoisotopic (exact) mass is 1150 g/mol.